The van der Waals surface area contributed by atoms with E-state index in [0.717, 1.165) is 49.6 Å². The Hall–Kier alpha value is -5.05. The minimum absolute atomic E-state index is 0.0222. The number of anilines is 1. The first-order valence-electron chi connectivity index (χ1n) is 15.9. The number of hydrogen-bond donors (Lipinski definition) is 1. The Bertz CT molecular complexity index is 2200. The third-order valence-corrected chi connectivity index (χ3v) is 10.0. The fraction of sp³-hybridized carbons (Fsp3) is 0.150. The average Bonchev–Trinajstić information content (AvgIpc) is 3.49. The van der Waals surface area contributed by atoms with Gasteiger partial charge < -0.3 is 24.3 Å². The minimum Gasteiger partial charge on any atom is -0.493 e. The molecule has 0 atom stereocenters. The molecule has 1 aromatic heterocycles. The molecule has 0 fully saturated rings. The van der Waals surface area contributed by atoms with Gasteiger partial charge in [-0.3, -0.25) is 9.59 Å². The Morgan fingerprint density at radius 3 is 2.22 bits per heavy atom. The molecule has 0 bridgehead atoms. The molecule has 7 nitrogen and oxygen atoms in total. The Kier molecular flexibility index (Phi) is 9.17. The number of rotatable bonds is 8. The van der Waals surface area contributed by atoms with Crippen molar-refractivity contribution in [2.75, 3.05) is 26.1 Å². The molecule has 1 aliphatic rings. The van der Waals surface area contributed by atoms with E-state index in [-0.39, 0.29) is 11.8 Å². The molecule has 0 saturated carbocycles. The normalized spacial score (nSPS) is 12.4. The Morgan fingerprint density at radius 1 is 0.816 bits per heavy atom. The zero-order chi connectivity index (χ0) is 34.1. The van der Waals surface area contributed by atoms with E-state index in [9.17, 15) is 9.59 Å². The van der Waals surface area contributed by atoms with Crippen LogP contribution in [0.1, 0.15) is 37.5 Å². The van der Waals surface area contributed by atoms with Gasteiger partial charge in [0.05, 0.1) is 14.2 Å². The lowest BCUT2D eigenvalue weighted by Gasteiger charge is -2.30. The van der Waals surface area contributed by atoms with Crippen molar-refractivity contribution >= 4 is 55.9 Å². The Labute approximate surface area is 298 Å². The fourth-order valence-electron chi connectivity index (χ4n) is 6.36. The minimum atomic E-state index is -0.203. The number of hydrogen-bond acceptors (Lipinski definition) is 4. The van der Waals surface area contributed by atoms with Gasteiger partial charge in [0.15, 0.2) is 11.5 Å². The quantitative estimate of drug-likeness (QED) is 0.169. The number of methoxy groups -OCH3 is 2. The summed E-state index contributed by atoms with van der Waals surface area (Å²) in [6.07, 6.45) is 0.728. The van der Waals surface area contributed by atoms with E-state index in [1.165, 1.54) is 0 Å². The van der Waals surface area contributed by atoms with Gasteiger partial charge in [-0.25, -0.2) is 0 Å². The first-order valence-corrected chi connectivity index (χ1v) is 17.1. The predicted octanol–water partition coefficient (Wildman–Crippen LogP) is 9.24. The third-order valence-electron chi connectivity index (χ3n) is 8.99. The molecule has 6 aromatic rings. The summed E-state index contributed by atoms with van der Waals surface area (Å²) >= 11 is 9.67. The van der Waals surface area contributed by atoms with Crippen LogP contribution in [0.3, 0.4) is 0 Å². The van der Waals surface area contributed by atoms with E-state index in [1.807, 2.05) is 65.6 Å². The SMILES string of the molecule is COc1cc2c(cc1OC)CN(C(=O)c1cc3cc(-c4ccc(NC(=O)c5ccc(Cl)cc5)cc4)ccc3n1Cc1ccccc1Br)CC2. The lowest BCUT2D eigenvalue weighted by molar-refractivity contribution is 0.0724. The van der Waals surface area contributed by atoms with Crippen LogP contribution in [0.4, 0.5) is 5.69 Å². The van der Waals surface area contributed by atoms with Gasteiger partial charge in [-0.2, -0.15) is 0 Å². The number of nitrogens with one attached hydrogen (secondary N) is 1. The zero-order valence-electron chi connectivity index (χ0n) is 27.0. The molecule has 0 saturated heterocycles. The molecule has 0 radical (unpaired) electrons. The molecule has 2 amide bonds. The predicted molar refractivity (Wildman–Crippen MR) is 198 cm³/mol. The highest BCUT2D eigenvalue weighted by atomic mass is 79.9. The molecular weight excluding hydrogens is 702 g/mol. The molecule has 49 heavy (non-hydrogen) atoms. The van der Waals surface area contributed by atoms with Crippen molar-refractivity contribution in [3.63, 3.8) is 0 Å². The second-order valence-electron chi connectivity index (χ2n) is 12.0. The average molecular weight is 735 g/mol. The van der Waals surface area contributed by atoms with Crippen molar-refractivity contribution in [2.24, 2.45) is 0 Å². The van der Waals surface area contributed by atoms with Gasteiger partial charge in [0.25, 0.3) is 11.8 Å². The van der Waals surface area contributed by atoms with Gasteiger partial charge in [-0.1, -0.05) is 63.9 Å². The summed E-state index contributed by atoms with van der Waals surface area (Å²) in [6, 6.07) is 34.9. The molecular formula is C40H33BrClN3O4. The van der Waals surface area contributed by atoms with Gasteiger partial charge in [0.2, 0.25) is 0 Å². The van der Waals surface area contributed by atoms with E-state index in [0.29, 0.717) is 53.1 Å². The van der Waals surface area contributed by atoms with E-state index in [1.54, 1.807) is 38.5 Å². The first kappa shape index (κ1) is 32.5. The van der Waals surface area contributed by atoms with Crippen molar-refractivity contribution in [3.05, 3.63) is 147 Å². The third kappa shape index (κ3) is 6.67. The highest BCUT2D eigenvalue weighted by Gasteiger charge is 2.27. The molecule has 1 aliphatic heterocycles. The second kappa shape index (κ2) is 13.8. The van der Waals surface area contributed by atoms with Crippen molar-refractivity contribution in [1.29, 1.82) is 0 Å². The maximum absolute atomic E-state index is 14.3. The summed E-state index contributed by atoms with van der Waals surface area (Å²) in [4.78, 5) is 29.0. The largest absolute Gasteiger partial charge is 0.493 e. The number of halogens is 2. The molecule has 246 valence electrons. The Balaban J connectivity index is 1.19. The molecule has 9 heteroatoms. The van der Waals surface area contributed by atoms with Gasteiger partial charge in [0, 0.05) is 51.3 Å². The summed E-state index contributed by atoms with van der Waals surface area (Å²) in [5.41, 5.74) is 8.13. The van der Waals surface area contributed by atoms with Crippen LogP contribution in [0, 0.1) is 0 Å². The van der Waals surface area contributed by atoms with Gasteiger partial charge in [0.1, 0.15) is 5.69 Å². The van der Waals surface area contributed by atoms with Crippen LogP contribution in [0.15, 0.2) is 114 Å². The van der Waals surface area contributed by atoms with Crippen molar-refractivity contribution in [2.45, 2.75) is 19.5 Å². The molecule has 0 aliphatic carbocycles. The molecule has 1 N–H and O–H groups in total. The maximum atomic E-state index is 14.3. The summed E-state index contributed by atoms with van der Waals surface area (Å²) in [5, 5.41) is 4.49. The lowest BCUT2D eigenvalue weighted by atomic mass is 9.98. The number of amides is 2. The second-order valence-corrected chi connectivity index (χ2v) is 13.3. The van der Waals surface area contributed by atoms with Crippen molar-refractivity contribution < 1.29 is 19.1 Å². The van der Waals surface area contributed by atoms with Crippen LogP contribution < -0.4 is 14.8 Å². The van der Waals surface area contributed by atoms with Crippen LogP contribution in [0.5, 0.6) is 11.5 Å². The number of benzene rings is 5. The standard InChI is InChI=1S/C40H33BrClN3O4/c1-48-37-21-28-17-18-44(23-31(28)22-38(37)49-2)40(47)36-20-30-19-27(11-16-35(30)45(36)24-29-5-3-4-6-34(29)41)25-9-14-33(15-10-25)43-39(46)26-7-12-32(42)13-8-26/h3-16,19-22H,17-18,23-24H2,1-2H3,(H,43,46). The molecule has 0 spiro atoms. The number of carbonyl (C=O) groups is 2. The zero-order valence-corrected chi connectivity index (χ0v) is 29.3. The number of aromatic nitrogens is 1. The number of carbonyl (C=O) groups excluding carboxylic acids is 2. The molecule has 7 rings (SSSR count). The highest BCUT2D eigenvalue weighted by molar-refractivity contribution is 9.10. The van der Waals surface area contributed by atoms with Crippen LogP contribution in [0.25, 0.3) is 22.0 Å². The fourth-order valence-corrected chi connectivity index (χ4v) is 6.90. The number of fused-ring (bicyclic) bond motifs is 2. The number of nitrogens with zero attached hydrogens (tertiary/aromatic N) is 2. The smallest absolute Gasteiger partial charge is 0.270 e. The van der Waals surface area contributed by atoms with Gasteiger partial charge >= 0.3 is 0 Å². The summed E-state index contributed by atoms with van der Waals surface area (Å²) in [7, 11) is 3.26. The van der Waals surface area contributed by atoms with Crippen LogP contribution in [-0.2, 0) is 19.5 Å². The topological polar surface area (TPSA) is 72.8 Å². The maximum Gasteiger partial charge on any atom is 0.270 e. The monoisotopic (exact) mass is 733 g/mol. The summed E-state index contributed by atoms with van der Waals surface area (Å²) < 4.78 is 14.2. The molecule has 5 aromatic carbocycles. The first-order chi connectivity index (χ1) is 23.8. The van der Waals surface area contributed by atoms with E-state index in [2.05, 4.69) is 50.1 Å². The Morgan fingerprint density at radius 2 is 1.51 bits per heavy atom. The van der Waals surface area contributed by atoms with Crippen LogP contribution in [0.2, 0.25) is 5.02 Å². The van der Waals surface area contributed by atoms with Crippen LogP contribution >= 0.6 is 27.5 Å². The van der Waals surface area contributed by atoms with E-state index in [4.69, 9.17) is 21.1 Å². The van der Waals surface area contributed by atoms with Gasteiger partial charge in [-0.15, -0.1) is 0 Å². The van der Waals surface area contributed by atoms with Crippen molar-refractivity contribution in [3.8, 4) is 22.6 Å². The summed E-state index contributed by atoms with van der Waals surface area (Å²) in [5.74, 6) is 1.13. The molecule has 2 heterocycles. The number of ether oxygens (including phenoxy) is 2. The van der Waals surface area contributed by atoms with E-state index < -0.39 is 0 Å². The molecule has 0 unspecified atom stereocenters. The summed E-state index contributed by atoms with van der Waals surface area (Å²) in [6.45, 7) is 1.62. The van der Waals surface area contributed by atoms with Gasteiger partial charge in [-0.05, 0) is 107 Å². The lowest BCUT2D eigenvalue weighted by Crippen LogP contribution is -2.37. The van der Waals surface area contributed by atoms with Crippen LogP contribution in [-0.4, -0.2) is 42.0 Å². The highest BCUT2D eigenvalue weighted by Crippen LogP contribution is 2.35. The van der Waals surface area contributed by atoms with Crippen molar-refractivity contribution in [1.82, 2.24) is 9.47 Å². The van der Waals surface area contributed by atoms with E-state index >= 15 is 0 Å².